The molecule has 3 heterocycles. The van der Waals surface area contributed by atoms with Crippen LogP contribution in [0.5, 0.6) is 17.2 Å². The van der Waals surface area contributed by atoms with Crippen LogP contribution in [0.4, 0.5) is 0 Å². The molecule has 5 rings (SSSR count). The third-order valence-electron chi connectivity index (χ3n) is 6.54. The van der Waals surface area contributed by atoms with E-state index in [9.17, 15) is 4.79 Å². The minimum Gasteiger partial charge on any atom is -0.494 e. The minimum atomic E-state index is -0.0841. The number of hydrogen-bond donors (Lipinski definition) is 0. The lowest BCUT2D eigenvalue weighted by molar-refractivity contribution is 0.0329. The number of allylic oxidation sites excluding steroid dienone is 1. The largest absolute Gasteiger partial charge is 0.494 e. The van der Waals surface area contributed by atoms with Gasteiger partial charge < -0.3 is 18.9 Å². The highest BCUT2D eigenvalue weighted by Crippen LogP contribution is 2.43. The number of carbonyl (C=O) groups is 1. The third kappa shape index (κ3) is 4.82. The van der Waals surface area contributed by atoms with Crippen molar-refractivity contribution in [3.8, 4) is 17.2 Å². The van der Waals surface area contributed by atoms with Gasteiger partial charge in [-0.05, 0) is 56.7 Å². The lowest BCUT2D eigenvalue weighted by Gasteiger charge is -2.31. The second-order valence-electron chi connectivity index (χ2n) is 8.94. The van der Waals surface area contributed by atoms with Gasteiger partial charge in [0.05, 0.1) is 25.4 Å². The van der Waals surface area contributed by atoms with Crippen LogP contribution in [-0.2, 0) is 11.3 Å². The maximum absolute atomic E-state index is 13.1. The van der Waals surface area contributed by atoms with E-state index in [1.54, 1.807) is 6.08 Å². The molecule has 0 atom stereocenters. The molecule has 3 aliphatic rings. The summed E-state index contributed by atoms with van der Waals surface area (Å²) in [7, 11) is 0. The first-order valence-electron chi connectivity index (χ1n) is 12.1. The third-order valence-corrected chi connectivity index (χ3v) is 6.54. The molecule has 1 fully saturated rings. The predicted molar refractivity (Wildman–Crippen MR) is 130 cm³/mol. The second kappa shape index (κ2) is 10.2. The fraction of sp³-hybridized carbons (Fsp3) is 0.444. The molecule has 180 valence electrons. The Bertz CT molecular complexity index is 1070. The number of ketones is 1. The van der Waals surface area contributed by atoms with Crippen molar-refractivity contribution >= 4 is 11.9 Å². The molecule has 7 heteroatoms. The first-order chi connectivity index (χ1) is 16.6. The fourth-order valence-corrected chi connectivity index (χ4v) is 4.76. The van der Waals surface area contributed by atoms with Gasteiger partial charge in [0.2, 0.25) is 5.78 Å². The van der Waals surface area contributed by atoms with E-state index in [-0.39, 0.29) is 5.78 Å². The normalized spacial score (nSPS) is 19.5. The van der Waals surface area contributed by atoms with Crippen molar-refractivity contribution in [2.45, 2.75) is 26.8 Å². The second-order valence-corrected chi connectivity index (χ2v) is 8.94. The summed E-state index contributed by atoms with van der Waals surface area (Å²) in [6.07, 6.45) is 2.87. The Kier molecular flexibility index (Phi) is 6.85. The van der Waals surface area contributed by atoms with Crippen LogP contribution in [0.3, 0.4) is 0 Å². The van der Waals surface area contributed by atoms with Gasteiger partial charge in [-0.15, -0.1) is 0 Å². The molecular weight excluding hydrogens is 432 g/mol. The van der Waals surface area contributed by atoms with Crippen LogP contribution in [-0.4, -0.2) is 68.3 Å². The number of ether oxygens (including phenoxy) is 4. The van der Waals surface area contributed by atoms with Crippen LogP contribution in [0.25, 0.3) is 6.08 Å². The van der Waals surface area contributed by atoms with Crippen molar-refractivity contribution in [2.75, 3.05) is 52.7 Å². The van der Waals surface area contributed by atoms with Crippen LogP contribution < -0.4 is 14.2 Å². The van der Waals surface area contributed by atoms with Crippen molar-refractivity contribution in [3.05, 3.63) is 58.3 Å². The molecule has 0 unspecified atom stereocenters. The first kappa shape index (κ1) is 22.9. The van der Waals surface area contributed by atoms with Crippen molar-refractivity contribution in [3.63, 3.8) is 0 Å². The molecule has 2 aromatic carbocycles. The highest BCUT2D eigenvalue weighted by Gasteiger charge is 2.33. The molecule has 7 nitrogen and oxygen atoms in total. The molecule has 3 aliphatic heterocycles. The topological polar surface area (TPSA) is 60.5 Å². The first-order valence-corrected chi connectivity index (χ1v) is 12.1. The monoisotopic (exact) mass is 464 g/mol. The summed E-state index contributed by atoms with van der Waals surface area (Å²) in [6, 6.07) is 9.59. The van der Waals surface area contributed by atoms with E-state index in [1.807, 2.05) is 44.2 Å². The van der Waals surface area contributed by atoms with Gasteiger partial charge >= 0.3 is 0 Å². The van der Waals surface area contributed by atoms with E-state index in [0.29, 0.717) is 30.4 Å². The Morgan fingerprint density at radius 1 is 1.06 bits per heavy atom. The van der Waals surface area contributed by atoms with Crippen LogP contribution in [0.15, 0.2) is 36.1 Å². The predicted octanol–water partition coefficient (Wildman–Crippen LogP) is 3.88. The fourth-order valence-electron chi connectivity index (χ4n) is 4.76. The molecule has 0 N–H and O–H groups in total. The molecule has 2 aromatic rings. The van der Waals surface area contributed by atoms with Crippen molar-refractivity contribution in [2.24, 2.45) is 0 Å². The Labute approximate surface area is 200 Å². The van der Waals surface area contributed by atoms with Crippen molar-refractivity contribution < 1.29 is 23.7 Å². The van der Waals surface area contributed by atoms with Gasteiger partial charge in [0.25, 0.3) is 0 Å². The van der Waals surface area contributed by atoms with E-state index < -0.39 is 0 Å². The molecule has 0 aliphatic carbocycles. The number of benzene rings is 2. The lowest BCUT2D eigenvalue weighted by Crippen LogP contribution is -2.39. The summed E-state index contributed by atoms with van der Waals surface area (Å²) in [5.41, 5.74) is 3.45. The van der Waals surface area contributed by atoms with Gasteiger partial charge in [0.15, 0.2) is 5.76 Å². The summed E-state index contributed by atoms with van der Waals surface area (Å²) < 4.78 is 23.1. The van der Waals surface area contributed by atoms with Gasteiger partial charge in [-0.3, -0.25) is 14.6 Å². The van der Waals surface area contributed by atoms with Gasteiger partial charge in [-0.1, -0.05) is 12.1 Å². The number of rotatable bonds is 7. The Morgan fingerprint density at radius 3 is 2.59 bits per heavy atom. The minimum absolute atomic E-state index is 0.0841. The van der Waals surface area contributed by atoms with E-state index in [4.69, 9.17) is 18.9 Å². The number of morpholine rings is 1. The van der Waals surface area contributed by atoms with Crippen LogP contribution in [0.1, 0.15) is 40.4 Å². The van der Waals surface area contributed by atoms with Crippen LogP contribution in [0, 0.1) is 6.92 Å². The molecule has 0 spiro atoms. The summed E-state index contributed by atoms with van der Waals surface area (Å²) >= 11 is 0. The quantitative estimate of drug-likeness (QED) is 0.576. The number of nitrogens with zero attached hydrogens (tertiary/aromatic N) is 2. The van der Waals surface area contributed by atoms with Crippen molar-refractivity contribution in [1.82, 2.24) is 9.80 Å². The van der Waals surface area contributed by atoms with E-state index >= 15 is 0 Å². The Hall–Kier alpha value is -2.87. The maximum atomic E-state index is 13.1. The van der Waals surface area contributed by atoms with E-state index in [0.717, 1.165) is 80.5 Å². The summed E-state index contributed by atoms with van der Waals surface area (Å²) in [5, 5.41) is 0. The molecule has 0 amide bonds. The number of Topliss-reactive ketones (excluding diaryl/α,β-unsaturated/α-hetero) is 1. The summed E-state index contributed by atoms with van der Waals surface area (Å²) in [4.78, 5) is 17.9. The van der Waals surface area contributed by atoms with Gasteiger partial charge in [-0.2, -0.15) is 0 Å². The van der Waals surface area contributed by atoms with Crippen molar-refractivity contribution in [1.29, 1.82) is 0 Å². The van der Waals surface area contributed by atoms with Gasteiger partial charge in [0.1, 0.15) is 24.0 Å². The number of carbonyl (C=O) groups excluding carboxylic acids is 1. The zero-order chi connectivity index (χ0) is 23.5. The molecule has 0 saturated carbocycles. The zero-order valence-corrected chi connectivity index (χ0v) is 20.0. The van der Waals surface area contributed by atoms with Crippen LogP contribution >= 0.6 is 0 Å². The van der Waals surface area contributed by atoms with Crippen LogP contribution in [0.2, 0.25) is 0 Å². The number of hydrogen-bond acceptors (Lipinski definition) is 7. The van der Waals surface area contributed by atoms with E-state index in [1.165, 1.54) is 0 Å². The molecular formula is C27H32N2O5. The summed E-state index contributed by atoms with van der Waals surface area (Å²) in [5.74, 6) is 2.52. The van der Waals surface area contributed by atoms with Gasteiger partial charge in [0, 0.05) is 37.3 Å². The molecule has 34 heavy (non-hydrogen) atoms. The maximum Gasteiger partial charge on any atom is 0.231 e. The average Bonchev–Trinajstić information content (AvgIpc) is 3.16. The molecule has 0 radical (unpaired) electrons. The highest BCUT2D eigenvalue weighted by molar-refractivity contribution is 6.15. The van der Waals surface area contributed by atoms with Gasteiger partial charge in [-0.25, -0.2) is 0 Å². The standard InChI is InChI=1S/C27H32N2O5/c1-3-32-22-7-5-20(6-8-22)15-24-25(30)23-16-21-17-29(10-4-9-28-11-13-31-14-12-28)18-33-26(21)19(2)27(23)34-24/h5-8,15-16H,3-4,9-14,17-18H2,1-2H3/b24-15-. The Balaban J connectivity index is 1.27. The summed E-state index contributed by atoms with van der Waals surface area (Å²) in [6.45, 7) is 11.6. The molecule has 0 aromatic heterocycles. The number of fused-ring (bicyclic) bond motifs is 2. The van der Waals surface area contributed by atoms with E-state index in [2.05, 4.69) is 9.80 Å². The highest BCUT2D eigenvalue weighted by atomic mass is 16.5. The molecule has 0 bridgehead atoms. The smallest absolute Gasteiger partial charge is 0.231 e. The lowest BCUT2D eigenvalue weighted by atomic mass is 10.00. The Morgan fingerprint density at radius 2 is 1.82 bits per heavy atom. The molecule has 1 saturated heterocycles. The SMILES string of the molecule is CCOc1ccc(/C=C2\Oc3c(cc4c(c3C)OCN(CCCN3CCOCC3)C4)C2=O)cc1. The zero-order valence-electron chi connectivity index (χ0n) is 20.0. The average molecular weight is 465 g/mol.